The van der Waals surface area contributed by atoms with Crippen molar-refractivity contribution in [3.63, 3.8) is 0 Å². The quantitative estimate of drug-likeness (QED) is 0.924. The van der Waals surface area contributed by atoms with Crippen molar-refractivity contribution >= 4 is 5.91 Å². The molecule has 5 rings (SSSR count). The van der Waals surface area contributed by atoms with Crippen molar-refractivity contribution in [3.8, 4) is 0 Å². The van der Waals surface area contributed by atoms with Crippen LogP contribution in [0.15, 0.2) is 36.7 Å². The lowest BCUT2D eigenvalue weighted by atomic mass is 9.74. The van der Waals surface area contributed by atoms with Crippen molar-refractivity contribution in [2.45, 2.75) is 44.1 Å². The molecule has 3 aliphatic rings. The van der Waals surface area contributed by atoms with Crippen molar-refractivity contribution in [3.05, 3.63) is 59.2 Å². The largest absolute Gasteiger partial charge is 0.381 e. The Labute approximate surface area is 153 Å². The summed E-state index contributed by atoms with van der Waals surface area (Å²) < 4.78 is 5.60. The van der Waals surface area contributed by atoms with Gasteiger partial charge in [0.2, 0.25) is 0 Å². The zero-order chi connectivity index (χ0) is 17.6. The molecule has 1 saturated carbocycles. The molecule has 26 heavy (non-hydrogen) atoms. The number of nitrogens with one attached hydrogen (secondary N) is 1. The van der Waals surface area contributed by atoms with Gasteiger partial charge in [-0.15, -0.1) is 0 Å². The van der Waals surface area contributed by atoms with Crippen LogP contribution in [0.2, 0.25) is 0 Å². The molecule has 1 aromatic heterocycles. The summed E-state index contributed by atoms with van der Waals surface area (Å²) in [6.45, 7) is 1.53. The third-order valence-corrected chi connectivity index (χ3v) is 6.16. The van der Waals surface area contributed by atoms with Gasteiger partial charge in [0.1, 0.15) is 5.82 Å². The molecule has 1 aliphatic heterocycles. The summed E-state index contributed by atoms with van der Waals surface area (Å²) in [4.78, 5) is 21.7. The molecular weight excluding hydrogens is 326 g/mol. The number of carbonyl (C=O) groups is 1. The van der Waals surface area contributed by atoms with Crippen LogP contribution in [0.1, 0.15) is 65.0 Å². The molecule has 1 spiro atoms. The lowest BCUT2D eigenvalue weighted by Gasteiger charge is -2.39. The Morgan fingerprint density at radius 1 is 1.12 bits per heavy atom. The second kappa shape index (κ2) is 6.16. The fraction of sp³-hybridized carbons (Fsp3) is 0.476. The van der Waals surface area contributed by atoms with Crippen molar-refractivity contribution in [2.75, 3.05) is 13.2 Å². The number of amides is 1. The van der Waals surface area contributed by atoms with E-state index in [1.54, 1.807) is 12.4 Å². The van der Waals surface area contributed by atoms with Gasteiger partial charge in [-0.25, -0.2) is 9.97 Å². The zero-order valence-electron chi connectivity index (χ0n) is 14.8. The van der Waals surface area contributed by atoms with Gasteiger partial charge >= 0.3 is 0 Å². The lowest BCUT2D eigenvalue weighted by molar-refractivity contribution is 0.000544. The topological polar surface area (TPSA) is 64.1 Å². The third-order valence-electron chi connectivity index (χ3n) is 6.16. The molecule has 0 radical (unpaired) electrons. The van der Waals surface area contributed by atoms with Gasteiger partial charge in [-0.05, 0) is 43.2 Å². The number of hydrogen-bond acceptors (Lipinski definition) is 4. The van der Waals surface area contributed by atoms with Crippen molar-refractivity contribution in [2.24, 2.45) is 5.41 Å². The Kier molecular flexibility index (Phi) is 3.78. The molecule has 1 aromatic carbocycles. The number of carbonyl (C=O) groups excluding carboxylic acids is 1. The fourth-order valence-corrected chi connectivity index (χ4v) is 4.48. The summed E-state index contributed by atoms with van der Waals surface area (Å²) in [6.07, 6.45) is 8.63. The van der Waals surface area contributed by atoms with E-state index in [-0.39, 0.29) is 17.4 Å². The summed E-state index contributed by atoms with van der Waals surface area (Å²) in [5.41, 5.74) is 3.20. The minimum atomic E-state index is -0.0834. The molecule has 1 N–H and O–H groups in total. The highest BCUT2D eigenvalue weighted by atomic mass is 16.5. The van der Waals surface area contributed by atoms with E-state index >= 15 is 0 Å². The first-order chi connectivity index (χ1) is 12.8. The molecule has 134 valence electrons. The van der Waals surface area contributed by atoms with E-state index in [4.69, 9.17) is 4.74 Å². The summed E-state index contributed by atoms with van der Waals surface area (Å²) in [6, 6.07) is 8.51. The Balaban J connectivity index is 1.41. The fourth-order valence-electron chi connectivity index (χ4n) is 4.48. The van der Waals surface area contributed by atoms with E-state index in [0.717, 1.165) is 51.1 Å². The van der Waals surface area contributed by atoms with Crippen LogP contribution >= 0.6 is 0 Å². The molecule has 0 unspecified atom stereocenters. The number of benzene rings is 1. The van der Waals surface area contributed by atoms with Crippen LogP contribution in [0.4, 0.5) is 0 Å². The van der Waals surface area contributed by atoms with Crippen LogP contribution in [0.3, 0.4) is 0 Å². The van der Waals surface area contributed by atoms with E-state index in [2.05, 4.69) is 39.6 Å². The van der Waals surface area contributed by atoms with E-state index in [1.807, 2.05) is 0 Å². The van der Waals surface area contributed by atoms with Gasteiger partial charge < -0.3 is 10.1 Å². The summed E-state index contributed by atoms with van der Waals surface area (Å²) in [5, 5.41) is 3.30. The molecule has 1 atom stereocenters. The van der Waals surface area contributed by atoms with Gasteiger partial charge in [-0.1, -0.05) is 24.3 Å². The number of fused-ring (bicyclic) bond motifs is 1. The molecule has 1 saturated heterocycles. The van der Waals surface area contributed by atoms with Gasteiger partial charge in [0, 0.05) is 36.9 Å². The maximum atomic E-state index is 12.9. The number of aromatic nitrogens is 2. The van der Waals surface area contributed by atoms with Crippen LogP contribution in [-0.4, -0.2) is 29.1 Å². The van der Waals surface area contributed by atoms with Gasteiger partial charge in [-0.2, -0.15) is 0 Å². The van der Waals surface area contributed by atoms with E-state index < -0.39 is 0 Å². The molecule has 5 heteroatoms. The first-order valence-electron chi connectivity index (χ1n) is 9.54. The smallest absolute Gasteiger partial charge is 0.254 e. The monoisotopic (exact) mass is 349 g/mol. The summed E-state index contributed by atoms with van der Waals surface area (Å²) in [5.74, 6) is 1.29. The highest BCUT2D eigenvalue weighted by Gasteiger charge is 2.47. The van der Waals surface area contributed by atoms with Crippen LogP contribution < -0.4 is 5.32 Å². The van der Waals surface area contributed by atoms with Crippen LogP contribution in [0.25, 0.3) is 0 Å². The summed E-state index contributed by atoms with van der Waals surface area (Å²) in [7, 11) is 0. The van der Waals surface area contributed by atoms with Crippen molar-refractivity contribution in [1.82, 2.24) is 15.3 Å². The second-order valence-corrected chi connectivity index (χ2v) is 7.86. The minimum Gasteiger partial charge on any atom is -0.381 e. The summed E-state index contributed by atoms with van der Waals surface area (Å²) >= 11 is 0. The van der Waals surface area contributed by atoms with Gasteiger partial charge in [-0.3, -0.25) is 4.79 Å². The average Bonchev–Trinajstić information content (AvgIpc) is 3.49. The van der Waals surface area contributed by atoms with Crippen LogP contribution in [0, 0.1) is 5.41 Å². The lowest BCUT2D eigenvalue weighted by Crippen LogP contribution is -2.42. The SMILES string of the molecule is O=C(N[C@@H]1c2ccccc2CC12CCOCC2)c1cnc(C2CC2)nc1. The predicted octanol–water partition coefficient (Wildman–Crippen LogP) is 3.18. The van der Waals surface area contributed by atoms with Crippen molar-refractivity contribution < 1.29 is 9.53 Å². The van der Waals surface area contributed by atoms with Gasteiger partial charge in [0.05, 0.1) is 11.6 Å². The first-order valence-corrected chi connectivity index (χ1v) is 9.54. The van der Waals surface area contributed by atoms with Crippen LogP contribution in [0.5, 0.6) is 0 Å². The maximum Gasteiger partial charge on any atom is 0.254 e. The first kappa shape index (κ1) is 15.9. The Bertz CT molecular complexity index is 823. The number of ether oxygens (including phenoxy) is 1. The number of hydrogen-bond donors (Lipinski definition) is 1. The van der Waals surface area contributed by atoms with Crippen molar-refractivity contribution in [1.29, 1.82) is 0 Å². The van der Waals surface area contributed by atoms with E-state index in [9.17, 15) is 4.79 Å². The molecule has 2 heterocycles. The molecule has 2 fully saturated rings. The van der Waals surface area contributed by atoms with Crippen LogP contribution in [-0.2, 0) is 11.2 Å². The van der Waals surface area contributed by atoms with E-state index in [1.165, 1.54) is 11.1 Å². The highest BCUT2D eigenvalue weighted by Crippen LogP contribution is 2.51. The Hall–Kier alpha value is -2.27. The molecule has 2 aliphatic carbocycles. The molecule has 0 bridgehead atoms. The van der Waals surface area contributed by atoms with Gasteiger partial charge in [0.25, 0.3) is 5.91 Å². The third kappa shape index (κ3) is 2.71. The van der Waals surface area contributed by atoms with Gasteiger partial charge in [0.15, 0.2) is 0 Å². The second-order valence-electron chi connectivity index (χ2n) is 7.86. The highest BCUT2D eigenvalue weighted by molar-refractivity contribution is 5.94. The van der Waals surface area contributed by atoms with E-state index in [0.29, 0.717) is 11.5 Å². The average molecular weight is 349 g/mol. The number of rotatable bonds is 3. The Morgan fingerprint density at radius 3 is 2.58 bits per heavy atom. The minimum absolute atomic E-state index is 0.0261. The Morgan fingerprint density at radius 2 is 1.85 bits per heavy atom. The molecule has 1 amide bonds. The molecule has 2 aromatic rings. The number of nitrogens with zero attached hydrogens (tertiary/aromatic N) is 2. The predicted molar refractivity (Wildman–Crippen MR) is 96.8 cm³/mol. The standard InChI is InChI=1S/C21H23N3O2/c25-20(16-12-22-19(23-13-16)14-5-6-14)24-18-17-4-2-1-3-15(17)11-21(18)7-9-26-10-8-21/h1-4,12-14,18H,5-11H2,(H,24,25)/t18-/m1/s1. The normalized spacial score (nSPS) is 23.6. The molecular formula is C21H23N3O2. The zero-order valence-corrected chi connectivity index (χ0v) is 14.8. The maximum absolute atomic E-state index is 12.9. The molecule has 5 nitrogen and oxygen atoms in total.